The van der Waals surface area contributed by atoms with Crippen LogP contribution in [0.25, 0.3) is 0 Å². The fraction of sp³-hybridized carbons (Fsp3) is 0.214. The second-order valence-electron chi connectivity index (χ2n) is 4.46. The molecule has 1 aromatic heterocycles. The van der Waals surface area contributed by atoms with Crippen molar-refractivity contribution in [3.05, 3.63) is 51.1 Å². The van der Waals surface area contributed by atoms with Crippen molar-refractivity contribution in [2.24, 2.45) is 0 Å². The monoisotopic (exact) mass is 339 g/mol. The van der Waals surface area contributed by atoms with Gasteiger partial charge in [-0.05, 0) is 46.1 Å². The molecule has 5 heteroatoms. The lowest BCUT2D eigenvalue weighted by molar-refractivity contribution is 0.892. The Balaban J connectivity index is 2.25. The Hall–Kier alpha value is -1.26. The lowest BCUT2D eigenvalue weighted by Crippen LogP contribution is -2.18. The van der Waals surface area contributed by atoms with Gasteiger partial charge in [-0.25, -0.2) is 4.98 Å². The highest BCUT2D eigenvalue weighted by molar-refractivity contribution is 9.10. The summed E-state index contributed by atoms with van der Waals surface area (Å²) < 4.78 is 0.928. The third-order valence-electron chi connectivity index (χ3n) is 2.95. The maximum Gasteiger partial charge on any atom is 0.143 e. The van der Waals surface area contributed by atoms with Gasteiger partial charge in [-0.1, -0.05) is 23.7 Å². The molecule has 1 aromatic carbocycles. The highest BCUT2D eigenvalue weighted by Crippen LogP contribution is 2.30. The van der Waals surface area contributed by atoms with E-state index in [0.29, 0.717) is 5.69 Å². The molecule has 0 spiro atoms. The van der Waals surface area contributed by atoms with Crippen molar-refractivity contribution >= 4 is 39.0 Å². The Morgan fingerprint density at radius 1 is 1.42 bits per heavy atom. The predicted octanol–water partition coefficient (Wildman–Crippen LogP) is 4.02. The number of rotatable bonds is 3. The summed E-state index contributed by atoms with van der Waals surface area (Å²) in [5.41, 5.74) is 8.66. The third kappa shape index (κ3) is 3.19. The molecule has 0 aliphatic rings. The van der Waals surface area contributed by atoms with Crippen molar-refractivity contribution in [3.8, 4) is 0 Å². The van der Waals surface area contributed by atoms with Crippen LogP contribution in [0.15, 0.2) is 34.9 Å². The van der Waals surface area contributed by atoms with Crippen LogP contribution in [0.1, 0.15) is 11.1 Å². The molecular weight excluding hydrogens is 326 g/mol. The quantitative estimate of drug-likeness (QED) is 0.917. The Labute approximate surface area is 126 Å². The average Bonchev–Trinajstić information content (AvgIpc) is 2.36. The Kier molecular flexibility index (Phi) is 4.32. The highest BCUT2D eigenvalue weighted by atomic mass is 79.9. The standard InChI is InChI=1S/C14H15BrClN3/c1-9-12(17)7-18-14(13(9)15)19(2)8-10-4-3-5-11(16)6-10/h3-7H,8,17H2,1-2H3. The third-order valence-corrected chi connectivity index (χ3v) is 4.14. The van der Waals surface area contributed by atoms with Crippen LogP contribution in [0.4, 0.5) is 11.5 Å². The molecule has 0 amide bonds. The molecule has 0 radical (unpaired) electrons. The fourth-order valence-electron chi connectivity index (χ4n) is 1.83. The van der Waals surface area contributed by atoms with E-state index >= 15 is 0 Å². The van der Waals surface area contributed by atoms with Gasteiger partial charge in [0.2, 0.25) is 0 Å². The second kappa shape index (κ2) is 5.80. The first-order chi connectivity index (χ1) is 8.99. The van der Waals surface area contributed by atoms with Gasteiger partial charge < -0.3 is 10.6 Å². The van der Waals surface area contributed by atoms with Gasteiger partial charge in [-0.3, -0.25) is 0 Å². The number of hydrogen-bond donors (Lipinski definition) is 1. The molecule has 2 N–H and O–H groups in total. The zero-order valence-electron chi connectivity index (χ0n) is 10.8. The number of nitrogen functional groups attached to an aromatic ring is 1. The molecule has 0 unspecified atom stereocenters. The highest BCUT2D eigenvalue weighted by Gasteiger charge is 2.12. The molecule has 0 saturated carbocycles. The number of aromatic nitrogens is 1. The molecule has 0 fully saturated rings. The van der Waals surface area contributed by atoms with Crippen LogP contribution in [-0.2, 0) is 6.54 Å². The summed E-state index contributed by atoms with van der Waals surface area (Å²) in [6, 6.07) is 7.81. The number of nitrogens with two attached hydrogens (primary N) is 1. The van der Waals surface area contributed by atoms with Crippen molar-refractivity contribution in [1.29, 1.82) is 0 Å². The van der Waals surface area contributed by atoms with E-state index in [2.05, 4.69) is 25.8 Å². The van der Waals surface area contributed by atoms with E-state index < -0.39 is 0 Å². The first-order valence-corrected chi connectivity index (χ1v) is 7.02. The fourth-order valence-corrected chi connectivity index (χ4v) is 2.68. The molecule has 0 bridgehead atoms. The van der Waals surface area contributed by atoms with Gasteiger partial charge in [0.15, 0.2) is 0 Å². The topological polar surface area (TPSA) is 42.1 Å². The van der Waals surface area contributed by atoms with Gasteiger partial charge in [0.25, 0.3) is 0 Å². The Morgan fingerprint density at radius 3 is 2.84 bits per heavy atom. The van der Waals surface area contributed by atoms with E-state index in [9.17, 15) is 0 Å². The van der Waals surface area contributed by atoms with Crippen LogP contribution >= 0.6 is 27.5 Å². The first-order valence-electron chi connectivity index (χ1n) is 5.85. The van der Waals surface area contributed by atoms with Gasteiger partial charge in [0.1, 0.15) is 5.82 Å². The lowest BCUT2D eigenvalue weighted by Gasteiger charge is -2.21. The molecule has 1 heterocycles. The molecule has 100 valence electrons. The average molecular weight is 341 g/mol. The Morgan fingerprint density at radius 2 is 2.16 bits per heavy atom. The number of halogens is 2. The minimum absolute atomic E-state index is 0.687. The molecule has 0 atom stereocenters. The summed E-state index contributed by atoms with van der Waals surface area (Å²) in [5.74, 6) is 0.867. The van der Waals surface area contributed by atoms with Crippen molar-refractivity contribution in [3.63, 3.8) is 0 Å². The normalized spacial score (nSPS) is 10.5. The van der Waals surface area contributed by atoms with Crippen LogP contribution in [0.3, 0.4) is 0 Å². The van der Waals surface area contributed by atoms with Crippen LogP contribution in [0.5, 0.6) is 0 Å². The minimum atomic E-state index is 0.687. The van der Waals surface area contributed by atoms with Crippen LogP contribution in [0, 0.1) is 6.92 Å². The van der Waals surface area contributed by atoms with Gasteiger partial charge in [-0.15, -0.1) is 0 Å². The largest absolute Gasteiger partial charge is 0.397 e. The maximum atomic E-state index is 5.99. The van der Waals surface area contributed by atoms with Crippen molar-refractivity contribution in [2.75, 3.05) is 17.7 Å². The van der Waals surface area contributed by atoms with Crippen molar-refractivity contribution in [1.82, 2.24) is 4.98 Å². The smallest absolute Gasteiger partial charge is 0.143 e. The molecule has 2 aromatic rings. The molecular formula is C14H15BrClN3. The molecule has 0 saturated heterocycles. The van der Waals surface area contributed by atoms with E-state index in [4.69, 9.17) is 17.3 Å². The molecule has 19 heavy (non-hydrogen) atoms. The zero-order valence-corrected chi connectivity index (χ0v) is 13.2. The zero-order chi connectivity index (χ0) is 14.0. The van der Waals surface area contributed by atoms with E-state index in [0.717, 1.165) is 33.0 Å². The summed E-state index contributed by atoms with van der Waals surface area (Å²) in [4.78, 5) is 6.44. The van der Waals surface area contributed by atoms with E-state index in [-0.39, 0.29) is 0 Å². The summed E-state index contributed by atoms with van der Waals surface area (Å²) in [7, 11) is 1.99. The van der Waals surface area contributed by atoms with Crippen LogP contribution in [-0.4, -0.2) is 12.0 Å². The van der Waals surface area contributed by atoms with E-state index in [1.165, 1.54) is 0 Å². The van der Waals surface area contributed by atoms with Gasteiger partial charge in [0, 0.05) is 18.6 Å². The van der Waals surface area contributed by atoms with Gasteiger partial charge in [0.05, 0.1) is 16.4 Å². The van der Waals surface area contributed by atoms with Gasteiger partial charge >= 0.3 is 0 Å². The number of benzene rings is 1. The number of pyridine rings is 1. The molecule has 3 nitrogen and oxygen atoms in total. The number of nitrogens with zero attached hydrogens (tertiary/aromatic N) is 2. The second-order valence-corrected chi connectivity index (χ2v) is 5.69. The number of hydrogen-bond acceptors (Lipinski definition) is 3. The molecule has 0 aliphatic heterocycles. The molecule has 0 aliphatic carbocycles. The van der Waals surface area contributed by atoms with Crippen molar-refractivity contribution in [2.45, 2.75) is 13.5 Å². The number of anilines is 2. The Bertz CT molecular complexity index is 601. The first kappa shape index (κ1) is 14.2. The van der Waals surface area contributed by atoms with Crippen molar-refractivity contribution < 1.29 is 0 Å². The molecule has 2 rings (SSSR count). The summed E-state index contributed by atoms with van der Waals surface area (Å²) >= 11 is 9.54. The van der Waals surface area contributed by atoms with Crippen LogP contribution in [0.2, 0.25) is 5.02 Å². The summed E-state index contributed by atoms with van der Waals surface area (Å²) in [6.07, 6.45) is 1.68. The van der Waals surface area contributed by atoms with Gasteiger partial charge in [-0.2, -0.15) is 0 Å². The summed E-state index contributed by atoms with van der Waals surface area (Å²) in [6.45, 7) is 2.70. The lowest BCUT2D eigenvalue weighted by atomic mass is 10.2. The van der Waals surface area contributed by atoms with E-state index in [1.54, 1.807) is 6.20 Å². The minimum Gasteiger partial charge on any atom is -0.397 e. The maximum absolute atomic E-state index is 5.99. The van der Waals surface area contributed by atoms with Crippen LogP contribution < -0.4 is 10.6 Å². The summed E-state index contributed by atoms with van der Waals surface area (Å²) in [5, 5.41) is 0.742. The SMILES string of the molecule is Cc1c(N)cnc(N(C)Cc2cccc(Cl)c2)c1Br. The van der Waals surface area contributed by atoms with E-state index in [1.807, 2.05) is 38.2 Å². The predicted molar refractivity (Wildman–Crippen MR) is 84.6 cm³/mol.